The van der Waals surface area contributed by atoms with Gasteiger partial charge in [-0.2, -0.15) is 0 Å². The fourth-order valence-electron chi connectivity index (χ4n) is 0.922. The summed E-state index contributed by atoms with van der Waals surface area (Å²) in [6, 6.07) is 0. The molecule has 0 saturated heterocycles. The van der Waals surface area contributed by atoms with Crippen molar-refractivity contribution < 1.29 is 14.6 Å². The van der Waals surface area contributed by atoms with Gasteiger partial charge in [-0.25, -0.2) is 4.79 Å². The third kappa shape index (κ3) is 4.71. The Morgan fingerprint density at radius 1 is 1.53 bits per heavy atom. The Labute approximate surface area is 91.0 Å². The molecule has 0 aromatic rings. The van der Waals surface area contributed by atoms with E-state index in [1.54, 1.807) is 27.7 Å². The molecule has 0 saturated carbocycles. The van der Waals surface area contributed by atoms with Gasteiger partial charge in [-0.15, -0.1) is 6.42 Å². The van der Waals surface area contributed by atoms with Gasteiger partial charge in [-0.05, 0) is 27.2 Å². The summed E-state index contributed by atoms with van der Waals surface area (Å²) in [5.41, 5.74) is -1.60. The van der Waals surface area contributed by atoms with Gasteiger partial charge in [0.1, 0.15) is 11.1 Å². The van der Waals surface area contributed by atoms with Crippen molar-refractivity contribution in [2.45, 2.75) is 45.3 Å². The number of amides is 1. The number of hydrogen-bond acceptors (Lipinski definition) is 3. The van der Waals surface area contributed by atoms with Gasteiger partial charge < -0.3 is 15.2 Å². The molecule has 0 radical (unpaired) electrons. The van der Waals surface area contributed by atoms with E-state index < -0.39 is 17.2 Å². The molecule has 1 amide bonds. The van der Waals surface area contributed by atoms with Crippen LogP contribution in [0, 0.1) is 12.3 Å². The Bertz CT molecular complexity index is 256. The van der Waals surface area contributed by atoms with E-state index in [1.807, 2.05) is 0 Å². The van der Waals surface area contributed by atoms with Crippen LogP contribution < -0.4 is 5.32 Å². The van der Waals surface area contributed by atoms with Crippen LogP contribution in [0.25, 0.3) is 0 Å². The highest BCUT2D eigenvalue weighted by Gasteiger charge is 2.29. The average Bonchev–Trinajstić information content (AvgIpc) is 2.11. The molecular formula is C11H19NO3. The van der Waals surface area contributed by atoms with Crippen LogP contribution in [-0.4, -0.2) is 28.9 Å². The van der Waals surface area contributed by atoms with Gasteiger partial charge in [0.25, 0.3) is 0 Å². The molecule has 0 fully saturated rings. The number of nitrogens with one attached hydrogen (secondary N) is 1. The van der Waals surface area contributed by atoms with Crippen molar-refractivity contribution in [2.24, 2.45) is 0 Å². The first-order valence-corrected chi connectivity index (χ1v) is 4.88. The zero-order chi connectivity index (χ0) is 12.1. The number of alkyl carbamates (subject to hydrolysis) is 1. The number of hydrogen-bond donors (Lipinski definition) is 2. The van der Waals surface area contributed by atoms with Crippen LogP contribution in [0.3, 0.4) is 0 Å². The quantitative estimate of drug-likeness (QED) is 0.694. The SMILES string of the molecule is C#CC(CC)(CO)NC(=O)OC(C)(C)C. The van der Waals surface area contributed by atoms with Crippen LogP contribution in [0.1, 0.15) is 34.1 Å². The third-order valence-electron chi connectivity index (χ3n) is 1.89. The normalized spacial score (nSPS) is 14.9. The molecule has 0 aromatic heterocycles. The highest BCUT2D eigenvalue weighted by atomic mass is 16.6. The average molecular weight is 213 g/mol. The smallest absolute Gasteiger partial charge is 0.408 e. The van der Waals surface area contributed by atoms with Crippen molar-refractivity contribution in [3.63, 3.8) is 0 Å². The molecule has 1 atom stereocenters. The second-order valence-corrected chi connectivity index (χ2v) is 4.37. The summed E-state index contributed by atoms with van der Waals surface area (Å²) < 4.78 is 5.04. The molecule has 0 aliphatic heterocycles. The summed E-state index contributed by atoms with van der Waals surface area (Å²) in [5, 5.41) is 11.6. The van der Waals surface area contributed by atoms with E-state index in [9.17, 15) is 4.79 Å². The maximum atomic E-state index is 11.4. The topological polar surface area (TPSA) is 58.6 Å². The lowest BCUT2D eigenvalue weighted by Gasteiger charge is -2.28. The van der Waals surface area contributed by atoms with Gasteiger partial charge in [0.05, 0.1) is 6.61 Å². The summed E-state index contributed by atoms with van der Waals surface area (Å²) in [7, 11) is 0. The molecule has 0 aliphatic rings. The maximum Gasteiger partial charge on any atom is 0.408 e. The lowest BCUT2D eigenvalue weighted by molar-refractivity contribution is 0.0443. The molecule has 4 heteroatoms. The molecule has 86 valence electrons. The van der Waals surface area contributed by atoms with Crippen molar-refractivity contribution in [3.05, 3.63) is 0 Å². The van der Waals surface area contributed by atoms with E-state index in [0.29, 0.717) is 6.42 Å². The molecule has 0 rings (SSSR count). The highest BCUT2D eigenvalue weighted by Crippen LogP contribution is 2.11. The van der Waals surface area contributed by atoms with Crippen molar-refractivity contribution >= 4 is 6.09 Å². The third-order valence-corrected chi connectivity index (χ3v) is 1.89. The number of carbonyl (C=O) groups excluding carboxylic acids is 1. The fourth-order valence-corrected chi connectivity index (χ4v) is 0.922. The minimum absolute atomic E-state index is 0.306. The minimum Gasteiger partial charge on any atom is -0.444 e. The van der Waals surface area contributed by atoms with Crippen LogP contribution in [0.15, 0.2) is 0 Å². The Morgan fingerprint density at radius 3 is 2.33 bits per heavy atom. The van der Waals surface area contributed by atoms with Crippen LogP contribution in [-0.2, 0) is 4.74 Å². The number of carbonyl (C=O) groups is 1. The molecule has 0 spiro atoms. The maximum absolute atomic E-state index is 11.4. The molecule has 0 bridgehead atoms. The van der Waals surface area contributed by atoms with Gasteiger partial charge in [0.15, 0.2) is 0 Å². The molecule has 1 unspecified atom stereocenters. The van der Waals surface area contributed by atoms with E-state index >= 15 is 0 Å². The van der Waals surface area contributed by atoms with Gasteiger partial charge in [-0.1, -0.05) is 12.8 Å². The first-order valence-electron chi connectivity index (χ1n) is 4.88. The fraction of sp³-hybridized carbons (Fsp3) is 0.727. The van der Waals surface area contributed by atoms with Gasteiger partial charge in [0.2, 0.25) is 0 Å². The molecule has 15 heavy (non-hydrogen) atoms. The minimum atomic E-state index is -1.03. The molecule has 0 aliphatic carbocycles. The second kappa shape index (κ2) is 5.04. The first kappa shape index (κ1) is 13.8. The van der Waals surface area contributed by atoms with Crippen molar-refractivity contribution in [1.29, 1.82) is 0 Å². The Balaban J connectivity index is 4.45. The van der Waals surface area contributed by atoms with E-state index in [4.69, 9.17) is 16.3 Å². The standard InChI is InChI=1S/C11H19NO3/c1-6-11(7-2,8-13)12-9(14)15-10(3,4)5/h1,13H,7-8H2,2-5H3,(H,12,14). The van der Waals surface area contributed by atoms with E-state index in [1.165, 1.54) is 0 Å². The van der Waals surface area contributed by atoms with E-state index in [-0.39, 0.29) is 6.61 Å². The lowest BCUT2D eigenvalue weighted by atomic mass is 9.99. The summed E-state index contributed by atoms with van der Waals surface area (Å²) in [6.07, 6.45) is 5.09. The molecule has 2 N–H and O–H groups in total. The number of ether oxygens (including phenoxy) is 1. The van der Waals surface area contributed by atoms with Crippen molar-refractivity contribution in [1.82, 2.24) is 5.32 Å². The Morgan fingerprint density at radius 2 is 2.07 bits per heavy atom. The summed E-state index contributed by atoms with van der Waals surface area (Å²) in [4.78, 5) is 11.4. The van der Waals surface area contributed by atoms with E-state index in [0.717, 1.165) is 0 Å². The molecule has 4 nitrogen and oxygen atoms in total. The van der Waals surface area contributed by atoms with E-state index in [2.05, 4.69) is 11.2 Å². The second-order valence-electron chi connectivity index (χ2n) is 4.37. The van der Waals surface area contributed by atoms with Crippen LogP contribution in [0.5, 0.6) is 0 Å². The summed E-state index contributed by atoms with van der Waals surface area (Å²) in [6.45, 7) is 6.76. The molecular weight excluding hydrogens is 194 g/mol. The van der Waals surface area contributed by atoms with Gasteiger partial charge >= 0.3 is 6.09 Å². The van der Waals surface area contributed by atoms with Gasteiger partial charge in [0, 0.05) is 0 Å². The largest absolute Gasteiger partial charge is 0.444 e. The zero-order valence-corrected chi connectivity index (χ0v) is 9.76. The first-order chi connectivity index (χ1) is 6.78. The Kier molecular flexibility index (Phi) is 4.63. The van der Waals surface area contributed by atoms with Crippen molar-refractivity contribution in [2.75, 3.05) is 6.61 Å². The summed E-state index contributed by atoms with van der Waals surface area (Å²) >= 11 is 0. The number of terminal acetylenes is 1. The van der Waals surface area contributed by atoms with Crippen LogP contribution in [0.4, 0.5) is 4.79 Å². The molecule has 0 heterocycles. The Hall–Kier alpha value is -1.21. The number of aliphatic hydroxyl groups excluding tert-OH is 1. The van der Waals surface area contributed by atoms with Crippen LogP contribution >= 0.6 is 0 Å². The van der Waals surface area contributed by atoms with Crippen LogP contribution in [0.2, 0.25) is 0 Å². The predicted molar refractivity (Wildman–Crippen MR) is 58.3 cm³/mol. The number of rotatable bonds is 3. The monoisotopic (exact) mass is 213 g/mol. The zero-order valence-electron chi connectivity index (χ0n) is 9.76. The lowest BCUT2D eigenvalue weighted by Crippen LogP contribution is -2.51. The predicted octanol–water partition coefficient (Wildman–Crippen LogP) is 1.29. The number of aliphatic hydroxyl groups is 1. The van der Waals surface area contributed by atoms with Gasteiger partial charge in [-0.3, -0.25) is 0 Å². The molecule has 0 aromatic carbocycles. The highest BCUT2D eigenvalue weighted by molar-refractivity contribution is 5.69. The van der Waals surface area contributed by atoms with Crippen molar-refractivity contribution in [3.8, 4) is 12.3 Å². The summed E-state index contributed by atoms with van der Waals surface area (Å²) in [5.74, 6) is 2.37.